The van der Waals surface area contributed by atoms with Gasteiger partial charge in [0, 0.05) is 37.5 Å². The number of hydrogen-bond donors (Lipinski definition) is 1. The van der Waals surface area contributed by atoms with E-state index in [1.54, 1.807) is 50.1 Å². The van der Waals surface area contributed by atoms with Crippen molar-refractivity contribution in [2.24, 2.45) is 5.92 Å². The number of pyridine rings is 1. The maximum absolute atomic E-state index is 14.0. The molecule has 2 heterocycles. The Balaban J connectivity index is 1.60. The maximum atomic E-state index is 14.0. The third kappa shape index (κ3) is 5.87. The van der Waals surface area contributed by atoms with Crippen molar-refractivity contribution in [1.29, 1.82) is 0 Å². The van der Waals surface area contributed by atoms with Crippen LogP contribution in [0.25, 0.3) is 10.9 Å². The molecule has 0 spiro atoms. The molecule has 2 aromatic rings. The standard InChI is InChI=1S/C24H32FN3O4/c1-15(2)20(27-23(30)32-24(3,4)5)22(29)28-13-10-16(11-14-28)31-19-9-8-18(25)17-7-6-12-26-21(17)19/h6-9,12,15-16,20H,10-11,13-14H2,1-5H3,(H,27,30)/t20-/m0/s1. The number of aromatic nitrogens is 1. The molecule has 32 heavy (non-hydrogen) atoms. The highest BCUT2D eigenvalue weighted by molar-refractivity contribution is 5.86. The van der Waals surface area contributed by atoms with Gasteiger partial charge in [0.2, 0.25) is 5.91 Å². The molecule has 174 valence electrons. The van der Waals surface area contributed by atoms with Gasteiger partial charge in [-0.25, -0.2) is 9.18 Å². The average Bonchev–Trinajstić information content (AvgIpc) is 2.73. The van der Waals surface area contributed by atoms with Crippen molar-refractivity contribution in [1.82, 2.24) is 15.2 Å². The van der Waals surface area contributed by atoms with Crippen LogP contribution in [0, 0.1) is 11.7 Å². The Kier molecular flexibility index (Phi) is 7.21. The van der Waals surface area contributed by atoms with E-state index in [0.29, 0.717) is 42.6 Å². The van der Waals surface area contributed by atoms with Crippen LogP contribution in [0.15, 0.2) is 30.5 Å². The Morgan fingerprint density at radius 3 is 2.50 bits per heavy atom. The van der Waals surface area contributed by atoms with Gasteiger partial charge >= 0.3 is 6.09 Å². The largest absolute Gasteiger partial charge is 0.488 e. The first-order chi connectivity index (χ1) is 15.0. The molecule has 0 bridgehead atoms. The number of benzene rings is 1. The van der Waals surface area contributed by atoms with Crippen LogP contribution < -0.4 is 10.1 Å². The minimum absolute atomic E-state index is 0.0827. The van der Waals surface area contributed by atoms with Crippen LogP contribution in [0.4, 0.5) is 9.18 Å². The third-order valence-electron chi connectivity index (χ3n) is 5.33. The van der Waals surface area contributed by atoms with Crippen molar-refractivity contribution in [3.8, 4) is 5.75 Å². The van der Waals surface area contributed by atoms with Crippen LogP contribution in [-0.4, -0.2) is 52.7 Å². The summed E-state index contributed by atoms with van der Waals surface area (Å²) in [5, 5.41) is 3.14. The van der Waals surface area contributed by atoms with Gasteiger partial charge in [-0.2, -0.15) is 0 Å². The molecule has 0 saturated carbocycles. The molecule has 1 atom stereocenters. The van der Waals surface area contributed by atoms with Crippen LogP contribution in [0.1, 0.15) is 47.5 Å². The summed E-state index contributed by atoms with van der Waals surface area (Å²) < 4.78 is 25.5. The molecule has 2 amide bonds. The molecule has 7 nitrogen and oxygen atoms in total. The lowest BCUT2D eigenvalue weighted by Crippen LogP contribution is -2.54. The number of halogens is 1. The molecule has 1 aliphatic heterocycles. The number of hydrogen-bond acceptors (Lipinski definition) is 5. The van der Waals surface area contributed by atoms with Gasteiger partial charge in [0.1, 0.15) is 34.8 Å². The summed E-state index contributed by atoms with van der Waals surface area (Å²) in [6, 6.07) is 5.69. The normalized spacial score (nSPS) is 16.2. The van der Waals surface area contributed by atoms with Crippen LogP contribution in [-0.2, 0) is 9.53 Å². The Morgan fingerprint density at radius 1 is 1.19 bits per heavy atom. The SMILES string of the molecule is CC(C)[C@H](NC(=O)OC(C)(C)C)C(=O)N1CCC(Oc2ccc(F)c3cccnc23)CC1. The van der Waals surface area contributed by atoms with Crippen molar-refractivity contribution in [2.75, 3.05) is 13.1 Å². The van der Waals surface area contributed by atoms with Gasteiger partial charge in [0.05, 0.1) is 0 Å². The Labute approximate surface area is 188 Å². The quantitative estimate of drug-likeness (QED) is 0.743. The van der Waals surface area contributed by atoms with Gasteiger partial charge in [-0.3, -0.25) is 9.78 Å². The second-order valence-electron chi connectivity index (χ2n) is 9.46. The number of ether oxygens (including phenoxy) is 2. The zero-order chi connectivity index (χ0) is 23.5. The molecule has 0 unspecified atom stereocenters. The molecule has 0 radical (unpaired) electrons. The van der Waals surface area contributed by atoms with Crippen molar-refractivity contribution in [3.63, 3.8) is 0 Å². The first kappa shape index (κ1) is 23.8. The number of rotatable bonds is 5. The molecule has 0 aliphatic carbocycles. The molecular weight excluding hydrogens is 413 g/mol. The highest BCUT2D eigenvalue weighted by Crippen LogP contribution is 2.28. The molecule has 8 heteroatoms. The lowest BCUT2D eigenvalue weighted by molar-refractivity contribution is -0.136. The summed E-state index contributed by atoms with van der Waals surface area (Å²) in [4.78, 5) is 31.3. The fourth-order valence-corrected chi connectivity index (χ4v) is 3.73. The van der Waals surface area contributed by atoms with E-state index in [9.17, 15) is 14.0 Å². The topological polar surface area (TPSA) is 80.8 Å². The van der Waals surface area contributed by atoms with E-state index in [4.69, 9.17) is 9.47 Å². The van der Waals surface area contributed by atoms with Crippen LogP contribution in [0.5, 0.6) is 5.75 Å². The Bertz CT molecular complexity index is 965. The van der Waals surface area contributed by atoms with E-state index in [1.165, 1.54) is 6.07 Å². The number of amides is 2. The minimum Gasteiger partial charge on any atom is -0.488 e. The molecule has 1 aliphatic rings. The monoisotopic (exact) mass is 445 g/mol. The lowest BCUT2D eigenvalue weighted by atomic mass is 10.0. The highest BCUT2D eigenvalue weighted by atomic mass is 19.1. The molecule has 1 fully saturated rings. The van der Waals surface area contributed by atoms with E-state index in [-0.39, 0.29) is 23.7 Å². The van der Waals surface area contributed by atoms with Crippen molar-refractivity contribution < 1.29 is 23.5 Å². The van der Waals surface area contributed by atoms with Crippen LogP contribution in [0.3, 0.4) is 0 Å². The number of nitrogens with one attached hydrogen (secondary N) is 1. The minimum atomic E-state index is -0.660. The summed E-state index contributed by atoms with van der Waals surface area (Å²) >= 11 is 0. The lowest BCUT2D eigenvalue weighted by Gasteiger charge is -2.35. The van der Waals surface area contributed by atoms with Gasteiger partial charge < -0.3 is 19.7 Å². The average molecular weight is 446 g/mol. The Hall–Kier alpha value is -2.90. The number of fused-ring (bicyclic) bond motifs is 1. The van der Waals surface area contributed by atoms with Crippen LogP contribution in [0.2, 0.25) is 0 Å². The number of likely N-dealkylation sites (tertiary alicyclic amines) is 1. The molecule has 1 aromatic carbocycles. The first-order valence-corrected chi connectivity index (χ1v) is 11.0. The first-order valence-electron chi connectivity index (χ1n) is 11.0. The number of carbonyl (C=O) groups excluding carboxylic acids is 2. The summed E-state index contributed by atoms with van der Waals surface area (Å²) in [6.45, 7) is 10.1. The zero-order valence-electron chi connectivity index (χ0n) is 19.4. The fraction of sp³-hybridized carbons (Fsp3) is 0.542. The zero-order valence-corrected chi connectivity index (χ0v) is 19.4. The van der Waals surface area contributed by atoms with E-state index in [1.807, 2.05) is 13.8 Å². The summed E-state index contributed by atoms with van der Waals surface area (Å²) in [5.74, 6) is -0.00430. The van der Waals surface area contributed by atoms with Crippen molar-refractivity contribution in [3.05, 3.63) is 36.3 Å². The molecule has 1 N–H and O–H groups in total. The second kappa shape index (κ2) is 9.71. The van der Waals surface area contributed by atoms with Crippen LogP contribution >= 0.6 is 0 Å². The number of nitrogens with zero attached hydrogens (tertiary/aromatic N) is 2. The van der Waals surface area contributed by atoms with Gasteiger partial charge in [-0.05, 0) is 51.0 Å². The van der Waals surface area contributed by atoms with Gasteiger partial charge in [0.25, 0.3) is 0 Å². The molecular formula is C24H32FN3O4. The van der Waals surface area contributed by atoms with Gasteiger partial charge in [0.15, 0.2) is 0 Å². The Morgan fingerprint density at radius 2 is 1.88 bits per heavy atom. The van der Waals surface area contributed by atoms with E-state index in [2.05, 4.69) is 10.3 Å². The molecule has 3 rings (SSSR count). The highest BCUT2D eigenvalue weighted by Gasteiger charge is 2.33. The van der Waals surface area contributed by atoms with Gasteiger partial charge in [-0.1, -0.05) is 13.8 Å². The molecule has 1 saturated heterocycles. The summed E-state index contributed by atoms with van der Waals surface area (Å²) in [6.07, 6.45) is 2.17. The van der Waals surface area contributed by atoms with E-state index < -0.39 is 17.7 Å². The smallest absolute Gasteiger partial charge is 0.408 e. The number of piperidine rings is 1. The predicted molar refractivity (Wildman–Crippen MR) is 120 cm³/mol. The fourth-order valence-electron chi connectivity index (χ4n) is 3.73. The summed E-state index contributed by atoms with van der Waals surface area (Å²) in [5.41, 5.74) is -0.142. The van der Waals surface area contributed by atoms with E-state index in [0.717, 1.165) is 0 Å². The molecule has 1 aromatic heterocycles. The summed E-state index contributed by atoms with van der Waals surface area (Å²) in [7, 11) is 0. The third-order valence-corrected chi connectivity index (χ3v) is 5.33. The number of alkyl carbamates (subject to hydrolysis) is 1. The van der Waals surface area contributed by atoms with Crippen molar-refractivity contribution in [2.45, 2.75) is 65.2 Å². The van der Waals surface area contributed by atoms with Gasteiger partial charge in [-0.15, -0.1) is 0 Å². The van der Waals surface area contributed by atoms with Crippen molar-refractivity contribution >= 4 is 22.9 Å². The maximum Gasteiger partial charge on any atom is 0.408 e. The predicted octanol–water partition coefficient (Wildman–Crippen LogP) is 4.29. The second-order valence-corrected chi connectivity index (χ2v) is 9.46. The van der Waals surface area contributed by atoms with E-state index >= 15 is 0 Å². The number of carbonyl (C=O) groups is 2.